The molecule has 2 amide bonds. The van der Waals surface area contributed by atoms with Crippen LogP contribution in [0.1, 0.15) is 23.2 Å². The summed E-state index contributed by atoms with van der Waals surface area (Å²) in [6, 6.07) is 4.85. The van der Waals surface area contributed by atoms with Crippen LogP contribution < -0.4 is 15.4 Å². The highest BCUT2D eigenvalue weighted by Gasteiger charge is 2.48. The first-order valence-electron chi connectivity index (χ1n) is 6.17. The topological polar surface area (TPSA) is 87.7 Å². The largest absolute Gasteiger partial charge is 0.491 e. The van der Waals surface area contributed by atoms with E-state index in [4.69, 9.17) is 4.74 Å². The molecule has 0 spiro atoms. The average Bonchev–Trinajstić information content (AvgIpc) is 3.16. The molecule has 6 heteroatoms. The van der Waals surface area contributed by atoms with Crippen molar-refractivity contribution in [2.45, 2.75) is 18.4 Å². The maximum atomic E-state index is 11.8. The Balaban J connectivity index is 1.84. The van der Waals surface area contributed by atoms with Gasteiger partial charge >= 0.3 is 0 Å². The molecule has 3 N–H and O–H groups in total. The van der Waals surface area contributed by atoms with Gasteiger partial charge in [-0.05, 0) is 31.0 Å². The lowest BCUT2D eigenvalue weighted by atomic mass is 10.1. The maximum Gasteiger partial charge on any atom is 0.256 e. The standard InChI is InChI=1S/C13H14N2O4/c16-11-9-7-8(15-12(17)13(18)3-4-13)1-2-10(9)19-6-5-14-11/h1-2,7,18H,3-6H2,(H,14,16)(H,15,17). The zero-order valence-corrected chi connectivity index (χ0v) is 10.2. The second-order valence-corrected chi connectivity index (χ2v) is 4.80. The van der Waals surface area contributed by atoms with Crippen molar-refractivity contribution in [2.24, 2.45) is 0 Å². The van der Waals surface area contributed by atoms with Crippen molar-refractivity contribution in [3.8, 4) is 5.75 Å². The minimum atomic E-state index is -1.23. The molecule has 1 fully saturated rings. The molecule has 1 saturated carbocycles. The summed E-state index contributed by atoms with van der Waals surface area (Å²) in [5, 5.41) is 15.0. The van der Waals surface area contributed by atoms with Gasteiger partial charge in [0.15, 0.2) is 0 Å². The van der Waals surface area contributed by atoms with Crippen molar-refractivity contribution >= 4 is 17.5 Å². The van der Waals surface area contributed by atoms with Gasteiger partial charge in [0, 0.05) is 5.69 Å². The van der Waals surface area contributed by atoms with E-state index in [1.165, 1.54) is 0 Å². The minimum absolute atomic E-state index is 0.228. The van der Waals surface area contributed by atoms with Crippen molar-refractivity contribution in [3.63, 3.8) is 0 Å². The van der Waals surface area contributed by atoms with Crippen LogP contribution >= 0.6 is 0 Å². The van der Waals surface area contributed by atoms with E-state index in [0.717, 1.165) is 0 Å². The number of hydrogen-bond donors (Lipinski definition) is 3. The Labute approximate surface area is 109 Å². The van der Waals surface area contributed by atoms with E-state index in [1.54, 1.807) is 18.2 Å². The number of aliphatic hydroxyl groups is 1. The number of fused-ring (bicyclic) bond motifs is 1. The summed E-state index contributed by atoms with van der Waals surface area (Å²) in [5.41, 5.74) is -0.367. The van der Waals surface area contributed by atoms with Crippen LogP contribution in [0.5, 0.6) is 5.75 Å². The van der Waals surface area contributed by atoms with Crippen LogP contribution in [0.4, 0.5) is 5.69 Å². The highest BCUT2D eigenvalue weighted by atomic mass is 16.5. The van der Waals surface area contributed by atoms with E-state index in [0.29, 0.717) is 43.0 Å². The highest BCUT2D eigenvalue weighted by molar-refractivity contribution is 6.02. The van der Waals surface area contributed by atoms with Gasteiger partial charge in [-0.2, -0.15) is 0 Å². The maximum absolute atomic E-state index is 11.8. The molecular weight excluding hydrogens is 248 g/mol. The van der Waals surface area contributed by atoms with Gasteiger partial charge in [0.2, 0.25) is 0 Å². The summed E-state index contributed by atoms with van der Waals surface area (Å²) < 4.78 is 5.41. The van der Waals surface area contributed by atoms with E-state index in [9.17, 15) is 14.7 Å². The molecule has 0 radical (unpaired) electrons. The lowest BCUT2D eigenvalue weighted by Crippen LogP contribution is -2.29. The summed E-state index contributed by atoms with van der Waals surface area (Å²) in [6.45, 7) is 0.874. The molecule has 0 atom stereocenters. The van der Waals surface area contributed by atoms with E-state index < -0.39 is 11.5 Å². The Morgan fingerprint density at radius 3 is 2.95 bits per heavy atom. The lowest BCUT2D eigenvalue weighted by Gasteiger charge is -2.11. The van der Waals surface area contributed by atoms with Crippen LogP contribution in [-0.4, -0.2) is 35.7 Å². The van der Waals surface area contributed by atoms with Crippen LogP contribution in [-0.2, 0) is 4.79 Å². The lowest BCUT2D eigenvalue weighted by molar-refractivity contribution is -0.125. The first-order valence-corrected chi connectivity index (χ1v) is 6.17. The molecule has 19 heavy (non-hydrogen) atoms. The third kappa shape index (κ3) is 2.26. The van der Waals surface area contributed by atoms with Crippen molar-refractivity contribution < 1.29 is 19.4 Å². The number of nitrogens with one attached hydrogen (secondary N) is 2. The molecule has 100 valence electrons. The van der Waals surface area contributed by atoms with Crippen LogP contribution in [0, 0.1) is 0 Å². The van der Waals surface area contributed by atoms with E-state index in [2.05, 4.69) is 10.6 Å². The summed E-state index contributed by atoms with van der Waals surface area (Å²) in [4.78, 5) is 23.5. The Morgan fingerprint density at radius 1 is 1.42 bits per heavy atom. The Morgan fingerprint density at radius 2 is 2.21 bits per heavy atom. The van der Waals surface area contributed by atoms with E-state index >= 15 is 0 Å². The zero-order valence-electron chi connectivity index (χ0n) is 10.2. The summed E-state index contributed by atoms with van der Waals surface area (Å²) in [7, 11) is 0. The highest BCUT2D eigenvalue weighted by Crippen LogP contribution is 2.36. The fourth-order valence-corrected chi connectivity index (χ4v) is 1.92. The van der Waals surface area contributed by atoms with Gasteiger partial charge < -0.3 is 20.5 Å². The molecule has 1 heterocycles. The summed E-state index contributed by atoms with van der Waals surface area (Å²) in [5.74, 6) is -0.158. The van der Waals surface area contributed by atoms with Crippen molar-refractivity contribution in [3.05, 3.63) is 23.8 Å². The van der Waals surface area contributed by atoms with Gasteiger partial charge in [0.25, 0.3) is 11.8 Å². The number of carbonyl (C=O) groups is 2. The second-order valence-electron chi connectivity index (χ2n) is 4.80. The number of anilines is 1. The quantitative estimate of drug-likeness (QED) is 0.714. The molecular formula is C13H14N2O4. The number of benzene rings is 1. The Bertz CT molecular complexity index is 552. The number of rotatable bonds is 2. The molecule has 0 aromatic heterocycles. The monoisotopic (exact) mass is 262 g/mol. The smallest absolute Gasteiger partial charge is 0.256 e. The van der Waals surface area contributed by atoms with Crippen molar-refractivity contribution in [1.82, 2.24) is 5.32 Å². The molecule has 1 aromatic carbocycles. The molecule has 1 aromatic rings. The SMILES string of the molecule is O=C1NCCOc2ccc(NC(=O)C3(O)CC3)cc21. The molecule has 0 unspecified atom stereocenters. The van der Waals surface area contributed by atoms with Gasteiger partial charge in [-0.1, -0.05) is 0 Å². The number of amides is 2. The third-order valence-electron chi connectivity index (χ3n) is 3.27. The van der Waals surface area contributed by atoms with E-state index in [-0.39, 0.29) is 5.91 Å². The number of ether oxygens (including phenoxy) is 1. The van der Waals surface area contributed by atoms with E-state index in [1.807, 2.05) is 0 Å². The minimum Gasteiger partial charge on any atom is -0.491 e. The van der Waals surface area contributed by atoms with Gasteiger partial charge in [0.1, 0.15) is 18.0 Å². The zero-order chi connectivity index (χ0) is 13.5. The van der Waals surface area contributed by atoms with Gasteiger partial charge in [-0.15, -0.1) is 0 Å². The second kappa shape index (κ2) is 4.24. The summed E-state index contributed by atoms with van der Waals surface area (Å²) in [6.07, 6.45) is 0.959. The molecule has 6 nitrogen and oxygen atoms in total. The fraction of sp³-hybridized carbons (Fsp3) is 0.385. The van der Waals surface area contributed by atoms with Crippen LogP contribution in [0.15, 0.2) is 18.2 Å². The first kappa shape index (κ1) is 12.0. The van der Waals surface area contributed by atoms with Crippen molar-refractivity contribution in [2.75, 3.05) is 18.5 Å². The Hall–Kier alpha value is -2.08. The normalized spacial score (nSPS) is 19.5. The fourth-order valence-electron chi connectivity index (χ4n) is 1.92. The molecule has 2 aliphatic rings. The van der Waals surface area contributed by atoms with Gasteiger partial charge in [-0.3, -0.25) is 9.59 Å². The predicted molar refractivity (Wildman–Crippen MR) is 67.1 cm³/mol. The van der Waals surface area contributed by atoms with Gasteiger partial charge in [0.05, 0.1) is 12.1 Å². The molecule has 0 saturated heterocycles. The predicted octanol–water partition coefficient (Wildman–Crippen LogP) is 0.272. The van der Waals surface area contributed by atoms with Crippen LogP contribution in [0.3, 0.4) is 0 Å². The number of carbonyl (C=O) groups excluding carboxylic acids is 2. The number of hydrogen-bond acceptors (Lipinski definition) is 4. The third-order valence-corrected chi connectivity index (χ3v) is 3.27. The summed E-state index contributed by atoms with van der Waals surface area (Å²) >= 11 is 0. The Kier molecular flexibility index (Phi) is 2.67. The molecule has 1 aliphatic heterocycles. The van der Waals surface area contributed by atoms with Gasteiger partial charge in [-0.25, -0.2) is 0 Å². The molecule has 3 rings (SSSR count). The average molecular weight is 262 g/mol. The molecule has 1 aliphatic carbocycles. The first-order chi connectivity index (χ1) is 9.08. The van der Waals surface area contributed by atoms with Crippen molar-refractivity contribution in [1.29, 1.82) is 0 Å². The van der Waals surface area contributed by atoms with Crippen LogP contribution in [0.2, 0.25) is 0 Å². The molecule has 0 bridgehead atoms. The van der Waals surface area contributed by atoms with Crippen LogP contribution in [0.25, 0.3) is 0 Å².